The number of nitrogens with one attached hydrogen (secondary N) is 1. The minimum atomic E-state index is -0.288. The summed E-state index contributed by atoms with van der Waals surface area (Å²) in [5.41, 5.74) is 0.493. The van der Waals surface area contributed by atoms with Crippen LogP contribution in [-0.4, -0.2) is 19.8 Å². The van der Waals surface area contributed by atoms with Crippen LogP contribution in [0.25, 0.3) is 0 Å². The van der Waals surface area contributed by atoms with E-state index in [0.717, 1.165) is 13.0 Å². The molecular weight excluding hydrogens is 241 g/mol. The molecule has 0 saturated heterocycles. The van der Waals surface area contributed by atoms with Crippen molar-refractivity contribution < 1.29 is 9.13 Å². The number of ether oxygens (including phenoxy) is 1. The predicted octanol–water partition coefficient (Wildman–Crippen LogP) is 3.56. The molecule has 0 aliphatic carbocycles. The van der Waals surface area contributed by atoms with Gasteiger partial charge >= 0.3 is 0 Å². The van der Waals surface area contributed by atoms with E-state index in [-0.39, 0.29) is 11.9 Å². The van der Waals surface area contributed by atoms with E-state index < -0.39 is 0 Å². The summed E-state index contributed by atoms with van der Waals surface area (Å²) in [4.78, 5) is 0. The third-order valence-electron chi connectivity index (χ3n) is 2.43. The molecule has 0 amide bonds. The molecule has 96 valence electrons. The lowest BCUT2D eigenvalue weighted by atomic mass is 10.1. The third-order valence-corrected chi connectivity index (χ3v) is 2.76. The molecule has 0 spiro atoms. The van der Waals surface area contributed by atoms with Crippen LogP contribution in [-0.2, 0) is 4.74 Å². The maximum atomic E-state index is 13.8. The van der Waals surface area contributed by atoms with Gasteiger partial charge in [-0.05, 0) is 25.1 Å². The highest BCUT2D eigenvalue weighted by Gasteiger charge is 2.18. The van der Waals surface area contributed by atoms with Crippen molar-refractivity contribution in [3.8, 4) is 0 Å². The molecule has 0 fully saturated rings. The first-order chi connectivity index (χ1) is 8.20. The molecule has 0 aromatic heterocycles. The van der Waals surface area contributed by atoms with E-state index in [1.807, 2.05) is 13.8 Å². The second-order valence-corrected chi connectivity index (χ2v) is 4.23. The van der Waals surface area contributed by atoms with Gasteiger partial charge in [0.25, 0.3) is 0 Å². The molecule has 0 heterocycles. The molecule has 1 N–H and O–H groups in total. The van der Waals surface area contributed by atoms with Crippen LogP contribution in [0.1, 0.15) is 31.9 Å². The fourth-order valence-electron chi connectivity index (χ4n) is 1.68. The van der Waals surface area contributed by atoms with Crippen LogP contribution in [0.4, 0.5) is 4.39 Å². The zero-order valence-corrected chi connectivity index (χ0v) is 11.1. The summed E-state index contributed by atoms with van der Waals surface area (Å²) in [6.45, 7) is 5.86. The molecule has 0 aliphatic rings. The van der Waals surface area contributed by atoms with Crippen molar-refractivity contribution in [3.05, 3.63) is 34.6 Å². The molecule has 0 aliphatic heterocycles. The molecule has 1 aromatic rings. The molecule has 1 rings (SSSR count). The number of hydrogen-bond donors (Lipinski definition) is 1. The van der Waals surface area contributed by atoms with Gasteiger partial charge in [0, 0.05) is 17.2 Å². The minimum Gasteiger partial charge on any atom is -0.379 e. The van der Waals surface area contributed by atoms with Crippen molar-refractivity contribution in [2.75, 3.05) is 19.8 Å². The molecular formula is C13H19ClFNO. The van der Waals surface area contributed by atoms with E-state index in [0.29, 0.717) is 23.8 Å². The Morgan fingerprint density at radius 1 is 1.41 bits per heavy atom. The molecule has 4 heteroatoms. The summed E-state index contributed by atoms with van der Waals surface area (Å²) in [6, 6.07) is 4.53. The van der Waals surface area contributed by atoms with Crippen molar-refractivity contribution in [2.24, 2.45) is 0 Å². The molecule has 1 aromatic carbocycles. The highest BCUT2D eigenvalue weighted by atomic mass is 35.5. The highest BCUT2D eigenvalue weighted by Crippen LogP contribution is 2.26. The lowest BCUT2D eigenvalue weighted by molar-refractivity contribution is 0.111. The van der Waals surface area contributed by atoms with Gasteiger partial charge < -0.3 is 10.1 Å². The predicted molar refractivity (Wildman–Crippen MR) is 68.9 cm³/mol. The first kappa shape index (κ1) is 14.4. The van der Waals surface area contributed by atoms with Crippen molar-refractivity contribution in [1.29, 1.82) is 0 Å². The van der Waals surface area contributed by atoms with Crippen LogP contribution >= 0.6 is 11.6 Å². The van der Waals surface area contributed by atoms with E-state index in [9.17, 15) is 4.39 Å². The second kappa shape index (κ2) is 7.64. The lowest BCUT2D eigenvalue weighted by Gasteiger charge is -2.20. The Balaban J connectivity index is 2.81. The average Bonchev–Trinajstić information content (AvgIpc) is 2.29. The van der Waals surface area contributed by atoms with Gasteiger partial charge in [0.05, 0.1) is 12.6 Å². The van der Waals surface area contributed by atoms with Gasteiger partial charge in [0.1, 0.15) is 5.82 Å². The van der Waals surface area contributed by atoms with Crippen molar-refractivity contribution >= 4 is 11.6 Å². The minimum absolute atomic E-state index is 0.194. The summed E-state index contributed by atoms with van der Waals surface area (Å²) in [6.07, 6.45) is 0.948. The molecule has 2 nitrogen and oxygen atoms in total. The number of benzene rings is 1. The first-order valence-corrected chi connectivity index (χ1v) is 6.33. The van der Waals surface area contributed by atoms with Gasteiger partial charge in [0.2, 0.25) is 0 Å². The highest BCUT2D eigenvalue weighted by molar-refractivity contribution is 6.31. The fraction of sp³-hybridized carbons (Fsp3) is 0.538. The SMILES string of the molecule is CCCOCC(NCC)c1c(F)cccc1Cl. The van der Waals surface area contributed by atoms with Crippen molar-refractivity contribution in [2.45, 2.75) is 26.3 Å². The molecule has 1 atom stereocenters. The van der Waals surface area contributed by atoms with Crippen molar-refractivity contribution in [3.63, 3.8) is 0 Å². The number of hydrogen-bond acceptors (Lipinski definition) is 2. The van der Waals surface area contributed by atoms with E-state index in [2.05, 4.69) is 5.32 Å². The van der Waals surface area contributed by atoms with Gasteiger partial charge in [-0.3, -0.25) is 0 Å². The lowest BCUT2D eigenvalue weighted by Crippen LogP contribution is -2.26. The monoisotopic (exact) mass is 259 g/mol. The van der Waals surface area contributed by atoms with Crippen LogP contribution in [0.5, 0.6) is 0 Å². The number of rotatable bonds is 7. The average molecular weight is 260 g/mol. The topological polar surface area (TPSA) is 21.3 Å². The van der Waals surface area contributed by atoms with Gasteiger partial charge in [-0.2, -0.15) is 0 Å². The summed E-state index contributed by atoms with van der Waals surface area (Å²) >= 11 is 6.04. The van der Waals surface area contributed by atoms with Crippen LogP contribution < -0.4 is 5.32 Å². The third kappa shape index (κ3) is 4.26. The Labute approximate surface area is 107 Å². The van der Waals surface area contributed by atoms with Crippen molar-refractivity contribution in [1.82, 2.24) is 5.32 Å². The molecule has 1 unspecified atom stereocenters. The molecule has 0 saturated carbocycles. The Hall–Kier alpha value is -0.640. The van der Waals surface area contributed by atoms with Gasteiger partial charge in [-0.15, -0.1) is 0 Å². The fourth-order valence-corrected chi connectivity index (χ4v) is 1.97. The maximum Gasteiger partial charge on any atom is 0.129 e. The maximum absolute atomic E-state index is 13.8. The summed E-state index contributed by atoms with van der Waals surface area (Å²) in [5, 5.41) is 3.63. The largest absolute Gasteiger partial charge is 0.379 e. The molecule has 17 heavy (non-hydrogen) atoms. The van der Waals surface area contributed by atoms with Crippen LogP contribution in [0.15, 0.2) is 18.2 Å². The normalized spacial score (nSPS) is 12.7. The summed E-state index contributed by atoms with van der Waals surface area (Å²) in [5.74, 6) is -0.288. The molecule has 0 radical (unpaired) electrons. The van der Waals surface area contributed by atoms with E-state index in [4.69, 9.17) is 16.3 Å². The van der Waals surface area contributed by atoms with Crippen LogP contribution in [0.3, 0.4) is 0 Å². The standard InChI is InChI=1S/C13H19ClFNO/c1-3-8-17-9-12(16-4-2)13-10(14)6-5-7-11(13)15/h5-7,12,16H,3-4,8-9H2,1-2H3. The van der Waals surface area contributed by atoms with Crippen LogP contribution in [0.2, 0.25) is 5.02 Å². The zero-order chi connectivity index (χ0) is 12.7. The Morgan fingerprint density at radius 3 is 2.76 bits per heavy atom. The Bertz CT molecular complexity index is 326. The van der Waals surface area contributed by atoms with Gasteiger partial charge in [0.15, 0.2) is 0 Å². The Kier molecular flexibility index (Phi) is 6.48. The quantitative estimate of drug-likeness (QED) is 0.756. The summed E-state index contributed by atoms with van der Waals surface area (Å²) < 4.78 is 19.2. The Morgan fingerprint density at radius 2 is 2.18 bits per heavy atom. The van der Waals surface area contributed by atoms with Crippen LogP contribution in [0, 0.1) is 5.82 Å². The van der Waals surface area contributed by atoms with E-state index in [1.165, 1.54) is 6.07 Å². The molecule has 0 bridgehead atoms. The van der Waals surface area contributed by atoms with Gasteiger partial charge in [-0.1, -0.05) is 31.5 Å². The summed E-state index contributed by atoms with van der Waals surface area (Å²) in [7, 11) is 0. The number of halogens is 2. The van der Waals surface area contributed by atoms with Gasteiger partial charge in [-0.25, -0.2) is 4.39 Å². The van der Waals surface area contributed by atoms with E-state index in [1.54, 1.807) is 12.1 Å². The smallest absolute Gasteiger partial charge is 0.129 e. The van der Waals surface area contributed by atoms with E-state index >= 15 is 0 Å². The zero-order valence-electron chi connectivity index (χ0n) is 10.3. The second-order valence-electron chi connectivity index (χ2n) is 3.82. The number of likely N-dealkylation sites (N-methyl/N-ethyl adjacent to an activating group) is 1. The first-order valence-electron chi connectivity index (χ1n) is 5.95.